The predicted molar refractivity (Wildman–Crippen MR) is 105 cm³/mol. The van der Waals surface area contributed by atoms with Gasteiger partial charge >= 0.3 is 0 Å². The van der Waals surface area contributed by atoms with E-state index in [4.69, 9.17) is 4.74 Å². The third kappa shape index (κ3) is 3.33. The fourth-order valence-electron chi connectivity index (χ4n) is 3.51. The quantitative estimate of drug-likeness (QED) is 0.685. The normalized spacial score (nSPS) is 16.1. The molecule has 1 fully saturated rings. The Kier molecular flexibility index (Phi) is 4.67. The van der Waals surface area contributed by atoms with Gasteiger partial charge in [0.05, 0.1) is 19.3 Å². The summed E-state index contributed by atoms with van der Waals surface area (Å²) in [6.45, 7) is 3.66. The van der Waals surface area contributed by atoms with Crippen molar-refractivity contribution in [1.29, 1.82) is 0 Å². The number of methoxy groups -OCH3 is 1. The molecular weight excluding hydrogens is 338 g/mol. The Labute approximate surface area is 159 Å². The number of hydrogen-bond acceptors (Lipinski definition) is 3. The summed E-state index contributed by atoms with van der Waals surface area (Å²) in [4.78, 5) is 15.0. The molecule has 0 aliphatic carbocycles. The number of nitrogens with zero attached hydrogens (tertiary/aromatic N) is 3. The van der Waals surface area contributed by atoms with Gasteiger partial charge in [0.1, 0.15) is 5.75 Å². The first-order chi connectivity index (χ1) is 13.2. The van der Waals surface area contributed by atoms with Crippen molar-refractivity contribution in [3.8, 4) is 16.9 Å². The molecule has 27 heavy (non-hydrogen) atoms. The summed E-state index contributed by atoms with van der Waals surface area (Å²) in [5, 5.41) is 4.33. The number of aryl methyl sites for hydroxylation is 1. The number of rotatable bonds is 5. The smallest absolute Gasteiger partial charge is 0.254 e. The van der Waals surface area contributed by atoms with E-state index in [1.165, 1.54) is 0 Å². The summed E-state index contributed by atoms with van der Waals surface area (Å²) in [6.07, 6.45) is 4.82. The minimum Gasteiger partial charge on any atom is -0.497 e. The van der Waals surface area contributed by atoms with Crippen molar-refractivity contribution in [2.24, 2.45) is 0 Å². The molecule has 5 nitrogen and oxygen atoms in total. The third-order valence-corrected chi connectivity index (χ3v) is 5.16. The van der Waals surface area contributed by atoms with Crippen molar-refractivity contribution in [1.82, 2.24) is 14.7 Å². The van der Waals surface area contributed by atoms with Gasteiger partial charge in [0, 0.05) is 30.4 Å². The molecule has 1 atom stereocenters. The average Bonchev–Trinajstić information content (AvgIpc) is 3.17. The summed E-state index contributed by atoms with van der Waals surface area (Å²) >= 11 is 0. The minimum atomic E-state index is 0.0683. The number of hydrogen-bond donors (Lipinski definition) is 0. The van der Waals surface area contributed by atoms with Gasteiger partial charge in [-0.2, -0.15) is 5.10 Å². The molecule has 1 aliphatic heterocycles. The van der Waals surface area contributed by atoms with Crippen molar-refractivity contribution in [2.75, 3.05) is 13.7 Å². The summed E-state index contributed by atoms with van der Waals surface area (Å²) in [5.74, 6) is 0.889. The lowest BCUT2D eigenvalue weighted by atomic mass is 9.93. The van der Waals surface area contributed by atoms with E-state index in [9.17, 15) is 4.79 Å². The van der Waals surface area contributed by atoms with Crippen LogP contribution in [0.15, 0.2) is 60.9 Å². The number of aromatic nitrogens is 2. The van der Waals surface area contributed by atoms with E-state index in [1.54, 1.807) is 7.11 Å². The van der Waals surface area contributed by atoms with Gasteiger partial charge in [-0.1, -0.05) is 24.3 Å². The molecule has 4 rings (SSSR count). The zero-order chi connectivity index (χ0) is 18.8. The maximum Gasteiger partial charge on any atom is 0.254 e. The van der Waals surface area contributed by atoms with Gasteiger partial charge in [-0.25, -0.2) is 0 Å². The lowest BCUT2D eigenvalue weighted by Crippen LogP contribution is -2.45. The Morgan fingerprint density at radius 1 is 1.19 bits per heavy atom. The van der Waals surface area contributed by atoms with Crippen LogP contribution < -0.4 is 4.74 Å². The molecule has 0 N–H and O–H groups in total. The van der Waals surface area contributed by atoms with Crippen molar-refractivity contribution in [3.63, 3.8) is 0 Å². The van der Waals surface area contributed by atoms with E-state index in [1.807, 2.05) is 64.4 Å². The molecule has 1 saturated heterocycles. The van der Waals surface area contributed by atoms with E-state index in [0.717, 1.165) is 42.0 Å². The highest BCUT2D eigenvalue weighted by Crippen LogP contribution is 2.36. The molecule has 0 radical (unpaired) electrons. The first-order valence-electron chi connectivity index (χ1n) is 9.27. The molecule has 0 bridgehead atoms. The predicted octanol–water partition coefficient (Wildman–Crippen LogP) is 4.17. The van der Waals surface area contributed by atoms with E-state index in [0.29, 0.717) is 5.56 Å². The number of ether oxygens (including phenoxy) is 1. The molecule has 0 spiro atoms. The molecule has 2 aromatic carbocycles. The van der Waals surface area contributed by atoms with Crippen LogP contribution in [0.4, 0.5) is 0 Å². The molecule has 3 aromatic rings. The van der Waals surface area contributed by atoms with E-state index >= 15 is 0 Å². The van der Waals surface area contributed by atoms with Gasteiger partial charge in [0.25, 0.3) is 5.91 Å². The van der Waals surface area contributed by atoms with Gasteiger partial charge in [-0.3, -0.25) is 9.48 Å². The molecule has 2 heterocycles. The summed E-state index contributed by atoms with van der Waals surface area (Å²) in [7, 11) is 1.66. The van der Waals surface area contributed by atoms with Crippen LogP contribution in [0, 0.1) is 0 Å². The number of likely N-dealkylation sites (tertiary alicyclic amines) is 1. The number of carbonyl (C=O) groups excluding carboxylic acids is 1. The molecule has 0 saturated carbocycles. The molecule has 5 heteroatoms. The fraction of sp³-hybridized carbons (Fsp3) is 0.273. The van der Waals surface area contributed by atoms with Crippen LogP contribution in [0.2, 0.25) is 0 Å². The average molecular weight is 361 g/mol. The van der Waals surface area contributed by atoms with Gasteiger partial charge in [0.2, 0.25) is 0 Å². The summed E-state index contributed by atoms with van der Waals surface area (Å²) in [6, 6.07) is 15.9. The molecule has 1 amide bonds. The summed E-state index contributed by atoms with van der Waals surface area (Å²) in [5.41, 5.74) is 3.87. The van der Waals surface area contributed by atoms with Crippen LogP contribution in [0.25, 0.3) is 11.1 Å². The number of amides is 1. The maximum absolute atomic E-state index is 13.1. The van der Waals surface area contributed by atoms with Crippen LogP contribution in [0.3, 0.4) is 0 Å². The highest BCUT2D eigenvalue weighted by molar-refractivity contribution is 5.96. The molecule has 1 aromatic heterocycles. The lowest BCUT2D eigenvalue weighted by Gasteiger charge is -2.41. The van der Waals surface area contributed by atoms with Crippen LogP contribution in [-0.4, -0.2) is 34.2 Å². The molecule has 138 valence electrons. The topological polar surface area (TPSA) is 47.4 Å². The van der Waals surface area contributed by atoms with Gasteiger partial charge in [0.15, 0.2) is 0 Å². The van der Waals surface area contributed by atoms with Crippen LogP contribution in [0.1, 0.15) is 35.3 Å². The maximum atomic E-state index is 13.1. The Morgan fingerprint density at radius 2 is 2.04 bits per heavy atom. The Morgan fingerprint density at radius 3 is 2.74 bits per heavy atom. The standard InChI is InChI=1S/C22H23N3O2/c1-3-24-15-19(14-23-24)16-6-4-8-18(12-16)22(26)25-11-10-21(25)17-7-5-9-20(13-17)27-2/h4-9,12-15,21H,3,10-11H2,1-2H3/t21-/m1/s1. The van der Waals surface area contributed by atoms with E-state index < -0.39 is 0 Å². The molecule has 0 unspecified atom stereocenters. The van der Waals surface area contributed by atoms with Crippen LogP contribution >= 0.6 is 0 Å². The highest BCUT2D eigenvalue weighted by Gasteiger charge is 2.34. The first-order valence-corrected chi connectivity index (χ1v) is 9.27. The van der Waals surface area contributed by atoms with Crippen molar-refractivity contribution in [2.45, 2.75) is 25.9 Å². The molecular formula is C22H23N3O2. The molecule has 1 aliphatic rings. The second-order valence-corrected chi connectivity index (χ2v) is 6.75. The first kappa shape index (κ1) is 17.3. The van der Waals surface area contributed by atoms with Crippen molar-refractivity contribution < 1.29 is 9.53 Å². The minimum absolute atomic E-state index is 0.0683. The van der Waals surface area contributed by atoms with Crippen molar-refractivity contribution in [3.05, 3.63) is 72.1 Å². The SMILES string of the molecule is CCn1cc(-c2cccc(C(=O)N3CC[C@@H]3c3cccc(OC)c3)c2)cn1. The lowest BCUT2D eigenvalue weighted by molar-refractivity contribution is 0.0460. The zero-order valence-corrected chi connectivity index (χ0v) is 15.6. The van der Waals surface area contributed by atoms with Gasteiger partial charge in [-0.05, 0) is 48.7 Å². The Hall–Kier alpha value is -3.08. The highest BCUT2D eigenvalue weighted by atomic mass is 16.5. The second kappa shape index (κ2) is 7.27. The van der Waals surface area contributed by atoms with Crippen LogP contribution in [-0.2, 0) is 6.54 Å². The van der Waals surface area contributed by atoms with Crippen molar-refractivity contribution >= 4 is 5.91 Å². The van der Waals surface area contributed by atoms with Gasteiger partial charge in [-0.15, -0.1) is 0 Å². The number of carbonyl (C=O) groups is 1. The zero-order valence-electron chi connectivity index (χ0n) is 15.6. The monoisotopic (exact) mass is 361 g/mol. The largest absolute Gasteiger partial charge is 0.497 e. The van der Waals surface area contributed by atoms with E-state index in [-0.39, 0.29) is 11.9 Å². The number of benzene rings is 2. The third-order valence-electron chi connectivity index (χ3n) is 5.16. The Bertz CT molecular complexity index is 963. The van der Waals surface area contributed by atoms with Gasteiger partial charge < -0.3 is 9.64 Å². The second-order valence-electron chi connectivity index (χ2n) is 6.75. The Balaban J connectivity index is 1.56. The summed E-state index contributed by atoms with van der Waals surface area (Å²) < 4.78 is 7.21. The fourth-order valence-corrected chi connectivity index (χ4v) is 3.51. The van der Waals surface area contributed by atoms with Crippen LogP contribution in [0.5, 0.6) is 5.75 Å². The van der Waals surface area contributed by atoms with E-state index in [2.05, 4.69) is 18.1 Å².